The maximum Gasteiger partial charge on any atom is 0.305 e. The molecular weight excluding hydrogens is 308 g/mol. The van der Waals surface area contributed by atoms with Gasteiger partial charge in [0.25, 0.3) is 0 Å². The zero-order valence-electron chi connectivity index (χ0n) is 13.7. The van der Waals surface area contributed by atoms with E-state index in [1.807, 2.05) is 35.2 Å². The number of aliphatic carboxylic acids is 1. The predicted molar refractivity (Wildman–Crippen MR) is 89.3 cm³/mol. The normalized spacial score (nSPS) is 15.1. The number of carboxylic acids is 1. The molecule has 0 spiro atoms. The number of hydrogen-bond acceptors (Lipinski definition) is 3. The van der Waals surface area contributed by atoms with Crippen molar-refractivity contribution in [1.82, 2.24) is 10.2 Å². The Balaban J connectivity index is 1.69. The van der Waals surface area contributed by atoms with E-state index in [2.05, 4.69) is 5.32 Å². The van der Waals surface area contributed by atoms with Crippen molar-refractivity contribution in [2.45, 2.75) is 32.1 Å². The Labute approximate surface area is 141 Å². The Kier molecular flexibility index (Phi) is 6.78. The van der Waals surface area contributed by atoms with Crippen molar-refractivity contribution in [3.8, 4) is 0 Å². The van der Waals surface area contributed by atoms with Crippen LogP contribution >= 0.6 is 0 Å². The van der Waals surface area contributed by atoms with Crippen LogP contribution < -0.4 is 5.32 Å². The first-order valence-corrected chi connectivity index (χ1v) is 8.37. The van der Waals surface area contributed by atoms with E-state index in [0.717, 1.165) is 12.0 Å². The molecule has 0 atom stereocenters. The number of aryl methyl sites for hydroxylation is 1. The van der Waals surface area contributed by atoms with Crippen molar-refractivity contribution >= 4 is 17.8 Å². The minimum Gasteiger partial charge on any atom is -0.481 e. The van der Waals surface area contributed by atoms with Gasteiger partial charge in [-0.25, -0.2) is 0 Å². The third-order valence-electron chi connectivity index (χ3n) is 4.33. The molecule has 6 nitrogen and oxygen atoms in total. The first kappa shape index (κ1) is 18.0. The second kappa shape index (κ2) is 9.05. The van der Waals surface area contributed by atoms with Gasteiger partial charge in [0.2, 0.25) is 11.8 Å². The number of nitrogens with one attached hydrogen (secondary N) is 1. The van der Waals surface area contributed by atoms with Crippen LogP contribution in [0.1, 0.15) is 31.2 Å². The molecule has 0 aliphatic carbocycles. The molecule has 2 N–H and O–H groups in total. The second-order valence-corrected chi connectivity index (χ2v) is 6.08. The maximum absolute atomic E-state index is 12.3. The number of piperidine rings is 1. The smallest absolute Gasteiger partial charge is 0.305 e. The van der Waals surface area contributed by atoms with E-state index in [0.29, 0.717) is 32.4 Å². The SMILES string of the molecule is O=C(O)CCNC(=O)C1CCN(C(=O)CCc2ccccc2)CC1. The molecule has 6 heteroatoms. The quantitative estimate of drug-likeness (QED) is 0.791. The Morgan fingerprint density at radius 1 is 1.08 bits per heavy atom. The fourth-order valence-corrected chi connectivity index (χ4v) is 2.88. The van der Waals surface area contributed by atoms with Crippen molar-refractivity contribution < 1.29 is 19.5 Å². The first-order valence-electron chi connectivity index (χ1n) is 8.37. The Morgan fingerprint density at radius 2 is 1.75 bits per heavy atom. The lowest BCUT2D eigenvalue weighted by atomic mass is 9.95. The predicted octanol–water partition coefficient (Wildman–Crippen LogP) is 1.45. The standard InChI is InChI=1S/C18H24N2O4/c21-16(7-6-14-4-2-1-3-5-14)20-12-9-15(10-13-20)18(24)19-11-8-17(22)23/h1-5,15H,6-13H2,(H,19,24)(H,22,23). The molecule has 24 heavy (non-hydrogen) atoms. The van der Waals surface area contributed by atoms with Gasteiger partial charge in [-0.2, -0.15) is 0 Å². The fourth-order valence-electron chi connectivity index (χ4n) is 2.88. The van der Waals surface area contributed by atoms with E-state index in [-0.39, 0.29) is 30.7 Å². The summed E-state index contributed by atoms with van der Waals surface area (Å²) < 4.78 is 0. The molecule has 1 aromatic carbocycles. The van der Waals surface area contributed by atoms with Crippen molar-refractivity contribution in [3.63, 3.8) is 0 Å². The van der Waals surface area contributed by atoms with Crippen LogP contribution in [-0.2, 0) is 20.8 Å². The topological polar surface area (TPSA) is 86.7 Å². The number of nitrogens with zero attached hydrogens (tertiary/aromatic N) is 1. The molecule has 1 saturated heterocycles. The summed E-state index contributed by atoms with van der Waals surface area (Å²) in [6, 6.07) is 9.92. The van der Waals surface area contributed by atoms with Crippen LogP contribution in [0.5, 0.6) is 0 Å². The number of rotatable bonds is 7. The molecule has 0 radical (unpaired) electrons. The molecule has 0 unspecified atom stereocenters. The molecular formula is C18H24N2O4. The minimum absolute atomic E-state index is 0.0669. The monoisotopic (exact) mass is 332 g/mol. The molecule has 0 saturated carbocycles. The lowest BCUT2D eigenvalue weighted by Crippen LogP contribution is -2.43. The van der Waals surface area contributed by atoms with Crippen LogP contribution in [0, 0.1) is 5.92 Å². The van der Waals surface area contributed by atoms with Gasteiger partial charge in [-0.05, 0) is 24.8 Å². The van der Waals surface area contributed by atoms with Crippen molar-refractivity contribution in [1.29, 1.82) is 0 Å². The lowest BCUT2D eigenvalue weighted by Gasteiger charge is -2.31. The van der Waals surface area contributed by atoms with Crippen LogP contribution in [0.3, 0.4) is 0 Å². The van der Waals surface area contributed by atoms with Gasteiger partial charge in [0.15, 0.2) is 0 Å². The second-order valence-electron chi connectivity index (χ2n) is 6.08. The first-order chi connectivity index (χ1) is 11.6. The highest BCUT2D eigenvalue weighted by atomic mass is 16.4. The molecule has 1 aliphatic rings. The zero-order chi connectivity index (χ0) is 17.4. The summed E-state index contributed by atoms with van der Waals surface area (Å²) in [5.41, 5.74) is 1.15. The summed E-state index contributed by atoms with van der Waals surface area (Å²) >= 11 is 0. The van der Waals surface area contributed by atoms with Gasteiger partial charge in [0.1, 0.15) is 0 Å². The van der Waals surface area contributed by atoms with E-state index in [1.54, 1.807) is 0 Å². The van der Waals surface area contributed by atoms with Gasteiger partial charge in [-0.15, -0.1) is 0 Å². The van der Waals surface area contributed by atoms with Gasteiger partial charge in [0, 0.05) is 32.0 Å². The number of amides is 2. The fraction of sp³-hybridized carbons (Fsp3) is 0.500. The molecule has 2 rings (SSSR count). The Hall–Kier alpha value is -2.37. The highest BCUT2D eigenvalue weighted by molar-refractivity contribution is 5.80. The van der Waals surface area contributed by atoms with E-state index < -0.39 is 5.97 Å². The summed E-state index contributed by atoms with van der Waals surface area (Å²) in [4.78, 5) is 36.5. The van der Waals surface area contributed by atoms with E-state index in [4.69, 9.17) is 5.11 Å². The average molecular weight is 332 g/mol. The van der Waals surface area contributed by atoms with Gasteiger partial charge >= 0.3 is 5.97 Å². The van der Waals surface area contributed by atoms with E-state index in [9.17, 15) is 14.4 Å². The third kappa shape index (κ3) is 5.68. The molecule has 130 valence electrons. The molecule has 1 aromatic rings. The molecule has 2 amide bonds. The van der Waals surface area contributed by atoms with Crippen LogP contribution in [0.15, 0.2) is 30.3 Å². The Morgan fingerprint density at radius 3 is 2.38 bits per heavy atom. The summed E-state index contributed by atoms with van der Waals surface area (Å²) in [6.07, 6.45) is 2.42. The van der Waals surface area contributed by atoms with Gasteiger partial charge < -0.3 is 15.3 Å². The maximum atomic E-state index is 12.3. The number of benzene rings is 1. The minimum atomic E-state index is -0.922. The van der Waals surface area contributed by atoms with Crippen molar-refractivity contribution in [2.75, 3.05) is 19.6 Å². The number of likely N-dealkylation sites (tertiary alicyclic amines) is 1. The van der Waals surface area contributed by atoms with Crippen molar-refractivity contribution in [3.05, 3.63) is 35.9 Å². The summed E-state index contributed by atoms with van der Waals surface area (Å²) in [7, 11) is 0. The molecule has 1 heterocycles. The average Bonchev–Trinajstić information content (AvgIpc) is 2.60. The number of carbonyl (C=O) groups excluding carboxylic acids is 2. The van der Waals surface area contributed by atoms with Gasteiger partial charge in [0.05, 0.1) is 6.42 Å². The van der Waals surface area contributed by atoms with Crippen LogP contribution in [-0.4, -0.2) is 47.4 Å². The molecule has 1 fully saturated rings. The van der Waals surface area contributed by atoms with Crippen LogP contribution in [0.25, 0.3) is 0 Å². The van der Waals surface area contributed by atoms with E-state index in [1.165, 1.54) is 0 Å². The summed E-state index contributed by atoms with van der Waals surface area (Å²) in [5, 5.41) is 11.2. The zero-order valence-corrected chi connectivity index (χ0v) is 13.7. The number of carbonyl (C=O) groups is 3. The van der Waals surface area contributed by atoms with Crippen LogP contribution in [0.2, 0.25) is 0 Å². The summed E-state index contributed by atoms with van der Waals surface area (Å²) in [6.45, 7) is 1.33. The highest BCUT2D eigenvalue weighted by Gasteiger charge is 2.26. The summed E-state index contributed by atoms with van der Waals surface area (Å²) in [5.74, 6) is -1.03. The number of hydrogen-bond donors (Lipinski definition) is 2. The van der Waals surface area contributed by atoms with Crippen molar-refractivity contribution in [2.24, 2.45) is 5.92 Å². The van der Waals surface area contributed by atoms with Gasteiger partial charge in [-0.3, -0.25) is 14.4 Å². The third-order valence-corrected chi connectivity index (χ3v) is 4.33. The van der Waals surface area contributed by atoms with E-state index >= 15 is 0 Å². The number of carboxylic acid groups (broad SMARTS) is 1. The molecule has 0 aromatic heterocycles. The molecule has 0 bridgehead atoms. The Bertz CT molecular complexity index is 566. The highest BCUT2D eigenvalue weighted by Crippen LogP contribution is 2.18. The largest absolute Gasteiger partial charge is 0.481 e. The van der Waals surface area contributed by atoms with Crippen LogP contribution in [0.4, 0.5) is 0 Å². The molecule has 1 aliphatic heterocycles. The lowest BCUT2D eigenvalue weighted by molar-refractivity contribution is -0.138. The van der Waals surface area contributed by atoms with Gasteiger partial charge in [-0.1, -0.05) is 30.3 Å².